The van der Waals surface area contributed by atoms with Crippen LogP contribution in [-0.4, -0.2) is 58.1 Å². The van der Waals surface area contributed by atoms with Crippen LogP contribution in [0.25, 0.3) is 0 Å². The molecule has 0 unspecified atom stereocenters. The average molecular weight is 409 g/mol. The lowest BCUT2D eigenvalue weighted by atomic mass is 9.90. The van der Waals surface area contributed by atoms with Crippen LogP contribution in [0.5, 0.6) is 5.75 Å². The molecule has 2 aromatic rings. The van der Waals surface area contributed by atoms with Crippen molar-refractivity contribution in [1.29, 1.82) is 0 Å². The zero-order valence-corrected chi connectivity index (χ0v) is 16.3. The van der Waals surface area contributed by atoms with Crippen LogP contribution in [0, 0.1) is 0 Å². The van der Waals surface area contributed by atoms with Gasteiger partial charge in [0.25, 0.3) is 0 Å². The molecule has 0 radical (unpaired) electrons. The largest absolute Gasteiger partial charge is 0.494 e. The molecule has 2 aromatic carbocycles. The Morgan fingerprint density at radius 3 is 2.36 bits per heavy atom. The van der Waals surface area contributed by atoms with Crippen molar-refractivity contribution in [2.75, 3.05) is 13.2 Å². The maximum absolute atomic E-state index is 10.3. The molecule has 1 aliphatic heterocycles. The van der Waals surface area contributed by atoms with Crippen LogP contribution in [-0.2, 0) is 11.2 Å². The molecule has 7 heteroatoms. The Balaban J connectivity index is 1.82. The van der Waals surface area contributed by atoms with Gasteiger partial charge in [0, 0.05) is 5.02 Å². The fraction of sp³-hybridized carbons (Fsp3) is 0.429. The van der Waals surface area contributed by atoms with E-state index in [-0.39, 0.29) is 0 Å². The fourth-order valence-electron chi connectivity index (χ4n) is 3.37. The zero-order chi connectivity index (χ0) is 20.3. The molecular weight excluding hydrogens is 384 g/mol. The Labute approximate surface area is 168 Å². The normalized spacial score (nSPS) is 27.6. The molecule has 0 aromatic heterocycles. The predicted molar refractivity (Wildman–Crippen MR) is 105 cm³/mol. The summed E-state index contributed by atoms with van der Waals surface area (Å²) in [6, 6.07) is 12.9. The lowest BCUT2D eigenvalue weighted by molar-refractivity contribution is -0.231. The molecule has 1 saturated heterocycles. The van der Waals surface area contributed by atoms with E-state index in [0.717, 1.165) is 16.9 Å². The Morgan fingerprint density at radius 1 is 1.00 bits per heavy atom. The molecule has 0 bridgehead atoms. The van der Waals surface area contributed by atoms with Gasteiger partial charge in [0.1, 0.15) is 36.3 Å². The minimum atomic E-state index is -1.42. The van der Waals surface area contributed by atoms with E-state index in [9.17, 15) is 20.4 Å². The van der Waals surface area contributed by atoms with E-state index < -0.39 is 37.1 Å². The maximum atomic E-state index is 10.3. The second kappa shape index (κ2) is 9.22. The van der Waals surface area contributed by atoms with E-state index in [4.69, 9.17) is 21.1 Å². The van der Waals surface area contributed by atoms with E-state index in [1.807, 2.05) is 37.3 Å². The van der Waals surface area contributed by atoms with Gasteiger partial charge in [-0.2, -0.15) is 0 Å². The molecule has 0 spiro atoms. The number of halogens is 1. The smallest absolute Gasteiger partial charge is 0.119 e. The van der Waals surface area contributed by atoms with Gasteiger partial charge in [-0.25, -0.2) is 0 Å². The highest BCUT2D eigenvalue weighted by Gasteiger charge is 2.43. The van der Waals surface area contributed by atoms with Gasteiger partial charge in [-0.1, -0.05) is 35.9 Å². The van der Waals surface area contributed by atoms with Crippen LogP contribution in [0.2, 0.25) is 5.02 Å². The second-order valence-corrected chi connectivity index (χ2v) is 7.26. The molecule has 5 atom stereocenters. The molecule has 152 valence electrons. The average Bonchev–Trinajstić information content (AvgIpc) is 2.70. The van der Waals surface area contributed by atoms with Crippen LogP contribution in [0.3, 0.4) is 0 Å². The van der Waals surface area contributed by atoms with Crippen molar-refractivity contribution in [1.82, 2.24) is 0 Å². The highest BCUT2D eigenvalue weighted by Crippen LogP contribution is 2.34. The third-order valence-electron chi connectivity index (χ3n) is 4.92. The second-order valence-electron chi connectivity index (χ2n) is 6.85. The van der Waals surface area contributed by atoms with Crippen LogP contribution in [0.1, 0.15) is 29.7 Å². The summed E-state index contributed by atoms with van der Waals surface area (Å²) in [5.74, 6) is 0.799. The van der Waals surface area contributed by atoms with Crippen LogP contribution in [0.4, 0.5) is 0 Å². The van der Waals surface area contributed by atoms with Gasteiger partial charge >= 0.3 is 0 Å². The molecule has 28 heavy (non-hydrogen) atoms. The molecule has 1 fully saturated rings. The van der Waals surface area contributed by atoms with Gasteiger partial charge in [0.15, 0.2) is 0 Å². The van der Waals surface area contributed by atoms with Crippen molar-refractivity contribution in [2.24, 2.45) is 0 Å². The standard InChI is InChI=1S/C21H25ClO6/c1-2-27-15-6-3-12(4-7-15)9-14-10-13(5-8-16(14)22)21-20(26)19(25)18(24)17(11-23)28-21/h3-8,10,17-21,23-26H,2,9,11H2,1H3/t17-,18-,19-,20-,21+/m1/s1. The molecule has 3 rings (SSSR count). The highest BCUT2D eigenvalue weighted by atomic mass is 35.5. The van der Waals surface area contributed by atoms with Crippen LogP contribution >= 0.6 is 11.6 Å². The summed E-state index contributed by atoms with van der Waals surface area (Å²) in [7, 11) is 0. The van der Waals surface area contributed by atoms with E-state index in [0.29, 0.717) is 23.6 Å². The third-order valence-corrected chi connectivity index (χ3v) is 5.29. The quantitative estimate of drug-likeness (QED) is 0.582. The van der Waals surface area contributed by atoms with Crippen molar-refractivity contribution in [3.05, 3.63) is 64.2 Å². The Bertz CT molecular complexity index is 779. The zero-order valence-electron chi connectivity index (χ0n) is 15.5. The van der Waals surface area contributed by atoms with Gasteiger partial charge < -0.3 is 29.9 Å². The van der Waals surface area contributed by atoms with Crippen molar-refractivity contribution in [3.63, 3.8) is 0 Å². The first kappa shape index (κ1) is 21.0. The number of ether oxygens (including phenoxy) is 2. The topological polar surface area (TPSA) is 99.4 Å². The van der Waals surface area contributed by atoms with Gasteiger partial charge in [-0.15, -0.1) is 0 Å². The molecule has 1 heterocycles. The number of aliphatic hydroxyl groups excluding tert-OH is 4. The van der Waals surface area contributed by atoms with E-state index in [1.54, 1.807) is 12.1 Å². The van der Waals surface area contributed by atoms with Gasteiger partial charge in [-0.05, 0) is 48.2 Å². The van der Waals surface area contributed by atoms with Crippen LogP contribution in [0.15, 0.2) is 42.5 Å². The summed E-state index contributed by atoms with van der Waals surface area (Å²) in [5.41, 5.74) is 2.49. The van der Waals surface area contributed by atoms with Crippen molar-refractivity contribution in [2.45, 2.75) is 43.9 Å². The Hall–Kier alpha value is -1.67. The molecule has 6 nitrogen and oxygen atoms in total. The SMILES string of the molecule is CCOc1ccc(Cc2cc([C@@H]3O[C@H](CO)[C@@H](O)[C@@H](O)[C@H]3O)ccc2Cl)cc1. The summed E-state index contributed by atoms with van der Waals surface area (Å²) < 4.78 is 11.1. The molecule has 0 saturated carbocycles. The molecule has 0 amide bonds. The van der Waals surface area contributed by atoms with E-state index in [2.05, 4.69) is 0 Å². The summed E-state index contributed by atoms with van der Waals surface area (Å²) in [6.07, 6.45) is -5.39. The van der Waals surface area contributed by atoms with Gasteiger partial charge in [0.05, 0.1) is 13.2 Å². The van der Waals surface area contributed by atoms with Crippen LogP contribution < -0.4 is 4.74 Å². The monoisotopic (exact) mass is 408 g/mol. The Morgan fingerprint density at radius 2 is 1.71 bits per heavy atom. The predicted octanol–water partition coefficient (Wildman–Crippen LogP) is 1.84. The lowest BCUT2D eigenvalue weighted by Crippen LogP contribution is -2.55. The number of hydrogen-bond donors (Lipinski definition) is 4. The third kappa shape index (κ3) is 4.49. The fourth-order valence-corrected chi connectivity index (χ4v) is 3.56. The maximum Gasteiger partial charge on any atom is 0.119 e. The number of rotatable bonds is 6. The number of benzene rings is 2. The highest BCUT2D eigenvalue weighted by molar-refractivity contribution is 6.31. The van der Waals surface area contributed by atoms with Crippen molar-refractivity contribution in [3.8, 4) is 5.75 Å². The first-order valence-corrected chi connectivity index (χ1v) is 9.63. The van der Waals surface area contributed by atoms with E-state index >= 15 is 0 Å². The lowest BCUT2D eigenvalue weighted by Gasteiger charge is -2.40. The molecule has 4 N–H and O–H groups in total. The summed E-state index contributed by atoms with van der Waals surface area (Å²) in [5, 5.41) is 40.3. The number of hydrogen-bond acceptors (Lipinski definition) is 6. The summed E-state index contributed by atoms with van der Waals surface area (Å²) in [6.45, 7) is 2.07. The minimum Gasteiger partial charge on any atom is -0.494 e. The first-order chi connectivity index (χ1) is 13.4. The van der Waals surface area contributed by atoms with Gasteiger partial charge in [-0.3, -0.25) is 0 Å². The summed E-state index contributed by atoms with van der Waals surface area (Å²) in [4.78, 5) is 0. The minimum absolute atomic E-state index is 0.464. The van der Waals surface area contributed by atoms with Gasteiger partial charge in [0.2, 0.25) is 0 Å². The van der Waals surface area contributed by atoms with Crippen molar-refractivity contribution < 1.29 is 29.9 Å². The Kier molecular flexibility index (Phi) is 6.93. The molecular formula is C21H25ClO6. The first-order valence-electron chi connectivity index (χ1n) is 9.25. The van der Waals surface area contributed by atoms with E-state index in [1.165, 1.54) is 0 Å². The summed E-state index contributed by atoms with van der Waals surface area (Å²) >= 11 is 6.35. The molecule has 0 aliphatic carbocycles. The number of aliphatic hydroxyl groups is 4. The molecule has 1 aliphatic rings. The van der Waals surface area contributed by atoms with Crippen molar-refractivity contribution >= 4 is 11.6 Å².